The summed E-state index contributed by atoms with van der Waals surface area (Å²) in [5.74, 6) is 0.709. The summed E-state index contributed by atoms with van der Waals surface area (Å²) in [4.78, 5) is 12.2. The van der Waals surface area contributed by atoms with E-state index in [1.807, 2.05) is 31.2 Å². The van der Waals surface area contributed by atoms with Crippen LogP contribution < -0.4 is 10.1 Å². The SMILES string of the molecule is COCCCCCCOc1cccc(CNC(=O)c2cc(C)nn2C)c1. The highest BCUT2D eigenvalue weighted by molar-refractivity contribution is 5.92. The molecular formula is C20H29N3O3. The summed E-state index contributed by atoms with van der Waals surface area (Å²) in [6.07, 6.45) is 4.44. The molecule has 0 saturated heterocycles. The van der Waals surface area contributed by atoms with Gasteiger partial charge in [0.1, 0.15) is 11.4 Å². The maximum Gasteiger partial charge on any atom is 0.269 e. The smallest absolute Gasteiger partial charge is 0.269 e. The van der Waals surface area contributed by atoms with E-state index in [2.05, 4.69) is 10.4 Å². The number of benzene rings is 1. The molecule has 1 heterocycles. The molecule has 2 rings (SSSR count). The second kappa shape index (κ2) is 10.6. The maximum absolute atomic E-state index is 12.2. The minimum Gasteiger partial charge on any atom is -0.494 e. The minimum absolute atomic E-state index is 0.129. The number of hydrogen-bond donors (Lipinski definition) is 1. The molecule has 0 fully saturated rings. The average Bonchev–Trinajstić information content (AvgIpc) is 2.97. The molecule has 0 atom stereocenters. The zero-order valence-electron chi connectivity index (χ0n) is 16.0. The topological polar surface area (TPSA) is 65.4 Å². The largest absolute Gasteiger partial charge is 0.494 e. The van der Waals surface area contributed by atoms with Crippen LogP contribution in [0.15, 0.2) is 30.3 Å². The molecule has 0 aliphatic rings. The van der Waals surface area contributed by atoms with E-state index in [0.29, 0.717) is 18.8 Å². The Morgan fingerprint density at radius 1 is 1.15 bits per heavy atom. The van der Waals surface area contributed by atoms with Crippen LogP contribution in [-0.2, 0) is 18.3 Å². The number of nitrogens with zero attached hydrogens (tertiary/aromatic N) is 2. The number of unbranched alkanes of at least 4 members (excludes halogenated alkanes) is 3. The third-order valence-electron chi connectivity index (χ3n) is 4.10. The van der Waals surface area contributed by atoms with Crippen molar-refractivity contribution in [2.75, 3.05) is 20.3 Å². The molecule has 1 aromatic heterocycles. The van der Waals surface area contributed by atoms with Crippen molar-refractivity contribution in [3.05, 3.63) is 47.3 Å². The standard InChI is InChI=1S/C20H29N3O3/c1-16-13-19(23(2)22-16)20(24)21-15-17-9-8-10-18(14-17)26-12-7-5-4-6-11-25-3/h8-10,13-14H,4-7,11-12,15H2,1-3H3,(H,21,24). The van der Waals surface area contributed by atoms with Crippen LogP contribution in [0.25, 0.3) is 0 Å². The van der Waals surface area contributed by atoms with Gasteiger partial charge in [0.15, 0.2) is 0 Å². The summed E-state index contributed by atoms with van der Waals surface area (Å²) < 4.78 is 12.4. The minimum atomic E-state index is -0.129. The molecule has 6 heteroatoms. The number of hydrogen-bond acceptors (Lipinski definition) is 4. The van der Waals surface area contributed by atoms with Gasteiger partial charge in [-0.15, -0.1) is 0 Å². The molecule has 2 aromatic rings. The molecule has 0 saturated carbocycles. The van der Waals surface area contributed by atoms with Crippen molar-refractivity contribution in [3.63, 3.8) is 0 Å². The molecule has 1 amide bonds. The monoisotopic (exact) mass is 359 g/mol. The molecule has 1 aromatic carbocycles. The Morgan fingerprint density at radius 2 is 1.92 bits per heavy atom. The first-order chi connectivity index (χ1) is 12.6. The maximum atomic E-state index is 12.2. The Labute approximate surface area is 155 Å². The van der Waals surface area contributed by atoms with Crippen LogP contribution in [0.2, 0.25) is 0 Å². The summed E-state index contributed by atoms with van der Waals surface area (Å²) in [6.45, 7) is 3.86. The lowest BCUT2D eigenvalue weighted by molar-refractivity contribution is 0.0941. The van der Waals surface area contributed by atoms with Crippen molar-refractivity contribution < 1.29 is 14.3 Å². The number of aromatic nitrogens is 2. The van der Waals surface area contributed by atoms with Gasteiger partial charge in [-0.1, -0.05) is 18.6 Å². The van der Waals surface area contributed by atoms with Gasteiger partial charge in [0.2, 0.25) is 0 Å². The first kappa shape index (κ1) is 20.0. The van der Waals surface area contributed by atoms with Crippen molar-refractivity contribution in [3.8, 4) is 5.75 Å². The fraction of sp³-hybridized carbons (Fsp3) is 0.500. The van der Waals surface area contributed by atoms with Crippen LogP contribution in [0.5, 0.6) is 5.75 Å². The van der Waals surface area contributed by atoms with Crippen molar-refractivity contribution in [2.45, 2.75) is 39.2 Å². The molecule has 0 radical (unpaired) electrons. The number of nitrogens with one attached hydrogen (secondary N) is 1. The van der Waals surface area contributed by atoms with E-state index in [1.165, 1.54) is 0 Å². The summed E-state index contributed by atoms with van der Waals surface area (Å²) in [5, 5.41) is 7.12. The Balaban J connectivity index is 1.74. The van der Waals surface area contributed by atoms with E-state index in [-0.39, 0.29) is 5.91 Å². The molecule has 142 valence electrons. The van der Waals surface area contributed by atoms with Gasteiger partial charge in [-0.3, -0.25) is 9.48 Å². The molecule has 26 heavy (non-hydrogen) atoms. The molecule has 1 N–H and O–H groups in total. The molecule has 0 bridgehead atoms. The second-order valence-corrected chi connectivity index (χ2v) is 6.38. The van der Waals surface area contributed by atoms with Crippen LogP contribution in [0, 0.1) is 6.92 Å². The molecule has 0 aliphatic heterocycles. The van der Waals surface area contributed by atoms with Crippen LogP contribution in [0.1, 0.15) is 47.4 Å². The van der Waals surface area contributed by atoms with E-state index in [0.717, 1.165) is 49.3 Å². The highest BCUT2D eigenvalue weighted by Crippen LogP contribution is 2.14. The van der Waals surface area contributed by atoms with Crippen molar-refractivity contribution in [2.24, 2.45) is 7.05 Å². The summed E-state index contributed by atoms with van der Waals surface area (Å²) in [7, 11) is 3.50. The van der Waals surface area contributed by atoms with Gasteiger partial charge in [-0.05, 0) is 49.9 Å². The molecule has 0 aliphatic carbocycles. The Hall–Kier alpha value is -2.34. The predicted molar refractivity (Wildman–Crippen MR) is 101 cm³/mol. The second-order valence-electron chi connectivity index (χ2n) is 6.38. The number of carbonyl (C=O) groups excluding carboxylic acids is 1. The highest BCUT2D eigenvalue weighted by Gasteiger charge is 2.11. The zero-order valence-corrected chi connectivity index (χ0v) is 16.0. The van der Waals surface area contributed by atoms with Crippen LogP contribution in [0.4, 0.5) is 0 Å². The lowest BCUT2D eigenvalue weighted by atomic mass is 10.2. The quantitative estimate of drug-likeness (QED) is 0.626. The Morgan fingerprint density at radius 3 is 2.62 bits per heavy atom. The van der Waals surface area contributed by atoms with Gasteiger partial charge in [-0.25, -0.2) is 0 Å². The van der Waals surface area contributed by atoms with Gasteiger partial charge in [0, 0.05) is 27.3 Å². The summed E-state index contributed by atoms with van der Waals surface area (Å²) in [5.41, 5.74) is 2.40. The highest BCUT2D eigenvalue weighted by atomic mass is 16.5. The number of amides is 1. The molecule has 0 unspecified atom stereocenters. The molecule has 6 nitrogen and oxygen atoms in total. The number of rotatable bonds is 11. The van der Waals surface area contributed by atoms with E-state index >= 15 is 0 Å². The average molecular weight is 359 g/mol. The number of carbonyl (C=O) groups is 1. The normalized spacial score (nSPS) is 10.7. The van der Waals surface area contributed by atoms with Crippen molar-refractivity contribution in [1.29, 1.82) is 0 Å². The third kappa shape index (κ3) is 6.52. The van der Waals surface area contributed by atoms with Crippen LogP contribution >= 0.6 is 0 Å². The summed E-state index contributed by atoms with van der Waals surface area (Å²) in [6, 6.07) is 9.62. The van der Waals surface area contributed by atoms with E-state index < -0.39 is 0 Å². The summed E-state index contributed by atoms with van der Waals surface area (Å²) >= 11 is 0. The lowest BCUT2D eigenvalue weighted by Gasteiger charge is -2.09. The van der Waals surface area contributed by atoms with E-state index in [4.69, 9.17) is 9.47 Å². The zero-order chi connectivity index (χ0) is 18.8. The van der Waals surface area contributed by atoms with Gasteiger partial charge in [0.25, 0.3) is 5.91 Å². The van der Waals surface area contributed by atoms with Crippen molar-refractivity contribution in [1.82, 2.24) is 15.1 Å². The first-order valence-corrected chi connectivity index (χ1v) is 9.09. The van der Waals surface area contributed by atoms with Crippen LogP contribution in [-0.4, -0.2) is 36.0 Å². The molecule has 0 spiro atoms. The van der Waals surface area contributed by atoms with Gasteiger partial charge in [-0.2, -0.15) is 5.10 Å². The first-order valence-electron chi connectivity index (χ1n) is 9.09. The molecular weight excluding hydrogens is 330 g/mol. The fourth-order valence-corrected chi connectivity index (χ4v) is 2.73. The van der Waals surface area contributed by atoms with E-state index in [9.17, 15) is 4.79 Å². The van der Waals surface area contributed by atoms with Gasteiger partial charge in [0.05, 0.1) is 12.3 Å². The predicted octanol–water partition coefficient (Wildman–Crippen LogP) is 3.24. The van der Waals surface area contributed by atoms with Crippen molar-refractivity contribution >= 4 is 5.91 Å². The fourth-order valence-electron chi connectivity index (χ4n) is 2.73. The number of aryl methyl sites for hydroxylation is 2. The van der Waals surface area contributed by atoms with Crippen LogP contribution in [0.3, 0.4) is 0 Å². The Kier molecular flexibility index (Phi) is 8.15. The number of methoxy groups -OCH3 is 1. The third-order valence-corrected chi connectivity index (χ3v) is 4.10. The number of ether oxygens (including phenoxy) is 2. The van der Waals surface area contributed by atoms with Gasteiger partial charge >= 0.3 is 0 Å². The Bertz CT molecular complexity index is 697. The van der Waals surface area contributed by atoms with E-state index in [1.54, 1.807) is 24.9 Å². The lowest BCUT2D eigenvalue weighted by Crippen LogP contribution is -2.25. The van der Waals surface area contributed by atoms with Gasteiger partial charge < -0.3 is 14.8 Å².